The van der Waals surface area contributed by atoms with Crippen LogP contribution in [0.2, 0.25) is 0 Å². The Labute approximate surface area is 448 Å². The summed E-state index contributed by atoms with van der Waals surface area (Å²) < 4.78 is 63.8. The number of ether oxygens (including phenoxy) is 3. The normalized spacial score (nSPS) is 49.8. The van der Waals surface area contributed by atoms with Gasteiger partial charge in [0.05, 0.1) is 36.1 Å². The van der Waals surface area contributed by atoms with E-state index in [0.717, 1.165) is 70.6 Å². The molecule has 8 fully saturated rings. The molecule has 4 saturated carbocycles. The Balaban J connectivity index is 0.00000582. The van der Waals surface area contributed by atoms with Crippen molar-refractivity contribution in [2.75, 3.05) is 6.61 Å². The van der Waals surface area contributed by atoms with E-state index in [1.807, 2.05) is 27.7 Å². The van der Waals surface area contributed by atoms with Crippen LogP contribution < -0.4 is 29.6 Å². The topological polar surface area (TPSA) is 172 Å². The number of carbonyl (C=O) groups is 1. The maximum Gasteiger partial charge on any atom is 1.00 e. The van der Waals surface area contributed by atoms with Crippen molar-refractivity contribution in [2.45, 2.75) is 233 Å². The first-order chi connectivity index (χ1) is 32.4. The van der Waals surface area contributed by atoms with Crippen LogP contribution in [0.3, 0.4) is 0 Å². The van der Waals surface area contributed by atoms with Gasteiger partial charge in [0.15, 0.2) is 11.6 Å². The predicted molar refractivity (Wildman–Crippen MR) is 264 cm³/mol. The van der Waals surface area contributed by atoms with Crippen LogP contribution in [0.25, 0.3) is 0 Å². The molecule has 19 atom stereocenters. The van der Waals surface area contributed by atoms with E-state index in [9.17, 15) is 33.1 Å². The molecule has 0 amide bonds. The molecule has 8 aliphatic carbocycles. The minimum atomic E-state index is -5.06. The van der Waals surface area contributed by atoms with E-state index >= 15 is 0 Å². The fourth-order valence-corrected chi connectivity index (χ4v) is 21.5. The number of aliphatic hydroxyl groups excluding tert-OH is 2. The summed E-state index contributed by atoms with van der Waals surface area (Å²) in [4.78, 5) is 13.2. The molecule has 4 saturated heterocycles. The first-order valence-electron chi connectivity index (χ1n) is 27.8. The molecule has 1 spiro atoms. The van der Waals surface area contributed by atoms with E-state index in [1.165, 1.54) is 35.1 Å². The van der Waals surface area contributed by atoms with Gasteiger partial charge in [-0.05, 0) is 190 Å². The summed E-state index contributed by atoms with van der Waals surface area (Å²) in [5.74, 6) is 0.389. The fraction of sp³-hybridized carbons (Fsp3) is 0.879. The van der Waals surface area contributed by atoms with Crippen molar-refractivity contribution in [3.63, 3.8) is 0 Å². The van der Waals surface area contributed by atoms with Gasteiger partial charge in [0.1, 0.15) is 12.2 Å². The van der Waals surface area contributed by atoms with Crippen LogP contribution in [-0.2, 0) is 33.6 Å². The van der Waals surface area contributed by atoms with Crippen LogP contribution in [-0.4, -0.2) is 88.2 Å². The predicted octanol–water partition coefficient (Wildman–Crippen LogP) is 7.08. The fourth-order valence-electron chi connectivity index (χ4n) is 21.0. The quantitative estimate of drug-likeness (QED) is 0.0983. The van der Waals surface area contributed by atoms with Gasteiger partial charge in [-0.3, -0.25) is 8.98 Å². The van der Waals surface area contributed by atoms with Gasteiger partial charge in [-0.15, -0.1) is 0 Å². The average molecular weight is 1020 g/mol. The molecule has 0 radical (unpaired) electrons. The molecule has 392 valence electrons. The molecule has 4 bridgehead atoms. The standard InChI is InChI=1S/C58H88O11S.Na/c1-31(36-15-17-38-34-14-19-45-50(3,4)49(61)42(59)28-55(45,11)40(34)21-23-53(36,38)9)13-20-47-56(12)27-33(52(7,8)69-56)25-43(67-47)32(2)37-16-18-39-35-26-44(68-70(63,64)65)48-51(5,6)58(62)46(60)29-57(48,30-66-58)41(35)22-24-54(37,39)10;/h19,31-33,36-39,42-44,46-48,59-60,62H,13-18,20-30H2,1-12H3,(H,63,64,65);/q;+1/p-1/t31-,32+,33-,36-,37-,38+,39+,42+,43-,44+,46+,47+,48?,53-,54-,55-,56-,57+,58+;/m1./s1. The van der Waals surface area contributed by atoms with Crippen molar-refractivity contribution >= 4 is 16.2 Å². The SMILES string of the molecule is C[C@@H]([C@H]1CC[C@H]2C3=C(CC[C@]12C)[C@@]12CO[C@@](O)([C@@H](O)C1)C(C)(C)C2[C@@H](OS(=O)(=O)[O-])C3)[C@H]1C[C@@H]2C[C@@](C)(OC2(C)C)[C@H](CC[C@@H](C)[C@H]2CC[C@H]3C4=C(CC[C@]23C)[C@@]2(C)C[C@H](O)C(=O)C(C)(C)C2=CC4)O1.[Na+]. The van der Waals surface area contributed by atoms with E-state index in [4.69, 9.17) is 18.4 Å². The number of fused-ring (bicyclic) bond motifs is 10. The van der Waals surface area contributed by atoms with Gasteiger partial charge >= 0.3 is 29.6 Å². The monoisotopic (exact) mass is 1010 g/mol. The number of ketones is 1. The number of Topliss-reactive ketones (excluding diaryl/α,β-unsaturated/α-hetero) is 1. The molecule has 0 aromatic heterocycles. The van der Waals surface area contributed by atoms with Gasteiger partial charge in [-0.25, -0.2) is 8.42 Å². The third kappa shape index (κ3) is 7.50. The van der Waals surface area contributed by atoms with Gasteiger partial charge in [0.25, 0.3) is 0 Å². The third-order valence-electron chi connectivity index (χ3n) is 24.2. The molecule has 3 N–H and O–H groups in total. The van der Waals surface area contributed by atoms with E-state index in [2.05, 4.69) is 61.5 Å². The van der Waals surface area contributed by atoms with Crippen LogP contribution in [0.15, 0.2) is 33.9 Å². The number of hydrogen-bond donors (Lipinski definition) is 3. The first kappa shape index (κ1) is 53.9. The second-order valence-corrected chi connectivity index (χ2v) is 29.4. The molecule has 1 unspecified atom stereocenters. The number of hydrogen-bond acceptors (Lipinski definition) is 11. The maximum atomic E-state index is 13.2. The number of carbonyl (C=O) groups excluding carboxylic acids is 1. The molecule has 0 aromatic rings. The van der Waals surface area contributed by atoms with Gasteiger partial charge in [0.2, 0.25) is 10.4 Å². The molecular formula is C58H87NaO11S. The maximum absolute atomic E-state index is 13.2. The van der Waals surface area contributed by atoms with Crippen molar-refractivity contribution in [3.05, 3.63) is 33.9 Å². The minimum Gasteiger partial charge on any atom is -0.726 e. The Kier molecular flexibility index (Phi) is 12.9. The number of allylic oxidation sites excluding steroid dienone is 4. The van der Waals surface area contributed by atoms with Crippen LogP contribution in [0, 0.1) is 79.8 Å². The molecule has 4 heterocycles. The van der Waals surface area contributed by atoms with Crippen molar-refractivity contribution in [1.29, 1.82) is 0 Å². The van der Waals surface area contributed by atoms with Crippen LogP contribution >= 0.6 is 0 Å². The molecule has 4 aliphatic heterocycles. The molecular weight excluding hydrogens is 928 g/mol. The summed E-state index contributed by atoms with van der Waals surface area (Å²) in [6.07, 6.45) is 13.7. The van der Waals surface area contributed by atoms with Crippen molar-refractivity contribution in [3.8, 4) is 0 Å². The Bertz CT molecular complexity index is 2430. The zero-order chi connectivity index (χ0) is 50.5. The van der Waals surface area contributed by atoms with E-state index in [0.29, 0.717) is 42.4 Å². The summed E-state index contributed by atoms with van der Waals surface area (Å²) in [6, 6.07) is 0. The summed E-state index contributed by atoms with van der Waals surface area (Å²) >= 11 is 0. The average Bonchev–Trinajstić information content (AvgIpc) is 3.84. The van der Waals surface area contributed by atoms with E-state index in [-0.39, 0.29) is 99.9 Å². The van der Waals surface area contributed by atoms with Crippen LogP contribution in [0.5, 0.6) is 0 Å². The van der Waals surface area contributed by atoms with Crippen LogP contribution in [0.4, 0.5) is 0 Å². The van der Waals surface area contributed by atoms with Gasteiger partial charge < -0.3 is 34.1 Å². The molecule has 0 aromatic carbocycles. The zero-order valence-electron chi connectivity index (χ0n) is 45.6. The van der Waals surface area contributed by atoms with Gasteiger partial charge in [-0.2, -0.15) is 0 Å². The molecule has 71 heavy (non-hydrogen) atoms. The Morgan fingerprint density at radius 2 is 1.49 bits per heavy atom. The summed E-state index contributed by atoms with van der Waals surface area (Å²) in [6.45, 7) is 27.0. The van der Waals surface area contributed by atoms with Crippen molar-refractivity contribution in [2.24, 2.45) is 79.8 Å². The second kappa shape index (κ2) is 17.0. The largest absolute Gasteiger partial charge is 1.00 e. The Morgan fingerprint density at radius 1 is 0.859 bits per heavy atom. The van der Waals surface area contributed by atoms with Crippen LogP contribution in [0.1, 0.15) is 186 Å². The van der Waals surface area contributed by atoms with E-state index < -0.39 is 56.7 Å². The molecule has 11 nitrogen and oxygen atoms in total. The summed E-state index contributed by atoms with van der Waals surface area (Å²) in [7, 11) is -5.06. The Hall–Kier alpha value is -0.480. The zero-order valence-corrected chi connectivity index (χ0v) is 48.4. The molecule has 12 aliphatic rings. The van der Waals surface area contributed by atoms with Crippen molar-refractivity contribution < 1.29 is 81.0 Å². The molecule has 12 rings (SSSR count). The van der Waals surface area contributed by atoms with Gasteiger partial charge in [-0.1, -0.05) is 82.4 Å². The van der Waals surface area contributed by atoms with E-state index in [1.54, 1.807) is 5.57 Å². The van der Waals surface area contributed by atoms with Crippen molar-refractivity contribution in [1.82, 2.24) is 0 Å². The van der Waals surface area contributed by atoms with Gasteiger partial charge in [0, 0.05) is 27.6 Å². The molecule has 13 heteroatoms. The smallest absolute Gasteiger partial charge is 0.726 e. The first-order valence-corrected chi connectivity index (χ1v) is 29.1. The second-order valence-electron chi connectivity index (χ2n) is 28.4. The summed E-state index contributed by atoms with van der Waals surface area (Å²) in [5, 5.41) is 34.3. The number of rotatable bonds is 8. The minimum absolute atomic E-state index is 0. The summed E-state index contributed by atoms with van der Waals surface area (Å²) in [5.41, 5.74) is 3.56. The number of aliphatic hydroxyl groups is 3. The third-order valence-corrected chi connectivity index (χ3v) is 24.7. The Morgan fingerprint density at radius 3 is 2.15 bits per heavy atom.